The SMILES string of the molecule is CS(=O)(=O)c1cccc(NCCSCCCO)c1[N+](=O)[O-]. The molecule has 0 bridgehead atoms. The summed E-state index contributed by atoms with van der Waals surface area (Å²) < 4.78 is 23.2. The van der Waals surface area contributed by atoms with Gasteiger partial charge in [0.15, 0.2) is 9.84 Å². The van der Waals surface area contributed by atoms with Crippen LogP contribution in [-0.4, -0.2) is 49.4 Å². The van der Waals surface area contributed by atoms with E-state index in [0.717, 1.165) is 12.0 Å². The first-order valence-corrected chi connectivity index (χ1v) is 9.32. The summed E-state index contributed by atoms with van der Waals surface area (Å²) in [6.07, 6.45) is 1.65. The van der Waals surface area contributed by atoms with Gasteiger partial charge in [-0.2, -0.15) is 11.8 Å². The molecule has 1 aromatic carbocycles. The minimum atomic E-state index is -3.66. The van der Waals surface area contributed by atoms with Gasteiger partial charge >= 0.3 is 5.69 Å². The van der Waals surface area contributed by atoms with E-state index in [1.54, 1.807) is 11.8 Å². The van der Waals surface area contributed by atoms with Crippen LogP contribution >= 0.6 is 11.8 Å². The largest absolute Gasteiger partial charge is 0.396 e. The van der Waals surface area contributed by atoms with Crippen molar-refractivity contribution in [1.29, 1.82) is 0 Å². The van der Waals surface area contributed by atoms with Crippen molar-refractivity contribution < 1.29 is 18.4 Å². The van der Waals surface area contributed by atoms with E-state index < -0.39 is 20.4 Å². The molecular weight excluding hydrogens is 316 g/mol. The molecular formula is C12H18N2O5S2. The van der Waals surface area contributed by atoms with Gasteiger partial charge in [0.25, 0.3) is 0 Å². The second-order valence-electron chi connectivity index (χ2n) is 4.30. The van der Waals surface area contributed by atoms with E-state index >= 15 is 0 Å². The van der Waals surface area contributed by atoms with Gasteiger partial charge in [0.1, 0.15) is 10.6 Å². The molecule has 0 fully saturated rings. The Morgan fingerprint density at radius 2 is 2.10 bits per heavy atom. The third-order valence-corrected chi connectivity index (χ3v) is 4.79. The molecule has 2 N–H and O–H groups in total. The van der Waals surface area contributed by atoms with Crippen LogP contribution in [0.1, 0.15) is 6.42 Å². The van der Waals surface area contributed by atoms with Crippen LogP contribution in [0.5, 0.6) is 0 Å². The smallest absolute Gasteiger partial charge is 0.310 e. The highest BCUT2D eigenvalue weighted by Crippen LogP contribution is 2.31. The normalized spacial score (nSPS) is 11.3. The molecule has 0 heterocycles. The quantitative estimate of drug-likeness (QED) is 0.400. The van der Waals surface area contributed by atoms with Crippen LogP contribution in [0.4, 0.5) is 11.4 Å². The zero-order valence-corrected chi connectivity index (χ0v) is 13.2. The molecule has 0 aromatic heterocycles. The van der Waals surface area contributed by atoms with Crippen molar-refractivity contribution >= 4 is 33.0 Å². The number of nitro benzene ring substituents is 1. The number of benzene rings is 1. The highest BCUT2D eigenvalue weighted by atomic mass is 32.2. The van der Waals surface area contributed by atoms with Gasteiger partial charge < -0.3 is 10.4 Å². The first-order chi connectivity index (χ1) is 9.88. The van der Waals surface area contributed by atoms with Crippen LogP contribution in [0.3, 0.4) is 0 Å². The number of hydrogen-bond donors (Lipinski definition) is 2. The number of nitrogens with one attached hydrogen (secondary N) is 1. The number of nitro groups is 1. The maximum Gasteiger partial charge on any atom is 0.310 e. The number of nitrogens with zero attached hydrogens (tertiary/aromatic N) is 1. The summed E-state index contributed by atoms with van der Waals surface area (Å²) in [5, 5.41) is 22.7. The molecule has 0 unspecified atom stereocenters. The lowest BCUT2D eigenvalue weighted by Crippen LogP contribution is -2.10. The van der Waals surface area contributed by atoms with E-state index in [4.69, 9.17) is 5.11 Å². The molecule has 0 radical (unpaired) electrons. The molecule has 1 rings (SSSR count). The lowest BCUT2D eigenvalue weighted by Gasteiger charge is -2.09. The Morgan fingerprint density at radius 1 is 1.38 bits per heavy atom. The first-order valence-electron chi connectivity index (χ1n) is 6.28. The number of anilines is 1. The Hall–Kier alpha value is -1.32. The number of aliphatic hydroxyl groups excluding tert-OH is 1. The lowest BCUT2D eigenvalue weighted by atomic mass is 10.2. The van der Waals surface area contributed by atoms with Crippen molar-refractivity contribution in [2.24, 2.45) is 0 Å². The number of rotatable bonds is 9. The molecule has 1 aromatic rings. The Labute approximate surface area is 127 Å². The summed E-state index contributed by atoms with van der Waals surface area (Å²) in [6, 6.07) is 4.20. The van der Waals surface area contributed by atoms with Crippen LogP contribution in [0, 0.1) is 10.1 Å². The Morgan fingerprint density at radius 3 is 2.67 bits per heavy atom. The highest BCUT2D eigenvalue weighted by molar-refractivity contribution is 7.99. The summed E-state index contributed by atoms with van der Waals surface area (Å²) >= 11 is 1.61. The van der Waals surface area contributed by atoms with Crippen molar-refractivity contribution in [2.75, 3.05) is 36.2 Å². The molecule has 0 saturated heterocycles. The van der Waals surface area contributed by atoms with Crippen LogP contribution in [0.25, 0.3) is 0 Å². The van der Waals surface area contributed by atoms with E-state index in [0.29, 0.717) is 18.7 Å². The fourth-order valence-electron chi connectivity index (χ4n) is 1.68. The predicted octanol–water partition coefficient (Wildman–Crippen LogP) is 1.53. The maximum absolute atomic E-state index is 11.6. The zero-order chi connectivity index (χ0) is 15.9. The molecule has 7 nitrogen and oxygen atoms in total. The molecule has 0 spiro atoms. The average Bonchev–Trinajstić information content (AvgIpc) is 2.41. The minimum absolute atomic E-state index is 0.141. The summed E-state index contributed by atoms with van der Waals surface area (Å²) in [7, 11) is -3.66. The summed E-state index contributed by atoms with van der Waals surface area (Å²) in [4.78, 5) is 10.2. The van der Waals surface area contributed by atoms with Crippen LogP contribution in [0.15, 0.2) is 23.1 Å². The van der Waals surface area contributed by atoms with Crippen molar-refractivity contribution in [3.05, 3.63) is 28.3 Å². The predicted molar refractivity (Wildman–Crippen MR) is 83.7 cm³/mol. The van der Waals surface area contributed by atoms with Crippen LogP contribution in [-0.2, 0) is 9.84 Å². The molecule has 0 aliphatic rings. The second kappa shape index (κ2) is 8.20. The van der Waals surface area contributed by atoms with Crippen LogP contribution < -0.4 is 5.32 Å². The number of hydrogen-bond acceptors (Lipinski definition) is 7. The van der Waals surface area contributed by atoms with Crippen LogP contribution in [0.2, 0.25) is 0 Å². The fraction of sp³-hybridized carbons (Fsp3) is 0.500. The van der Waals surface area contributed by atoms with Gasteiger partial charge in [0.05, 0.1) is 4.92 Å². The van der Waals surface area contributed by atoms with Gasteiger partial charge in [-0.05, 0) is 24.3 Å². The Bertz CT molecular complexity index is 589. The molecule has 118 valence electrons. The fourth-order valence-corrected chi connectivity index (χ4v) is 3.32. The second-order valence-corrected chi connectivity index (χ2v) is 7.51. The van der Waals surface area contributed by atoms with Crippen molar-refractivity contribution in [3.63, 3.8) is 0 Å². The molecule has 0 aliphatic heterocycles. The molecule has 0 aliphatic carbocycles. The third kappa shape index (κ3) is 5.52. The third-order valence-electron chi connectivity index (χ3n) is 2.59. The Balaban J connectivity index is 2.81. The van der Waals surface area contributed by atoms with Gasteiger partial charge in [-0.25, -0.2) is 8.42 Å². The van der Waals surface area contributed by atoms with Gasteiger partial charge in [0, 0.05) is 25.2 Å². The van der Waals surface area contributed by atoms with Gasteiger partial charge in [-0.1, -0.05) is 6.07 Å². The van der Waals surface area contributed by atoms with Crippen molar-refractivity contribution in [2.45, 2.75) is 11.3 Å². The van der Waals surface area contributed by atoms with E-state index in [9.17, 15) is 18.5 Å². The van der Waals surface area contributed by atoms with Crippen molar-refractivity contribution in [1.82, 2.24) is 0 Å². The number of thioether (sulfide) groups is 1. The van der Waals surface area contributed by atoms with Crippen molar-refractivity contribution in [3.8, 4) is 0 Å². The average molecular weight is 334 g/mol. The molecule has 0 atom stereocenters. The molecule has 21 heavy (non-hydrogen) atoms. The van der Waals surface area contributed by atoms with E-state index in [2.05, 4.69) is 5.32 Å². The van der Waals surface area contributed by atoms with E-state index in [1.807, 2.05) is 0 Å². The lowest BCUT2D eigenvalue weighted by molar-refractivity contribution is -0.386. The molecule has 0 saturated carbocycles. The summed E-state index contributed by atoms with van der Waals surface area (Å²) in [6.45, 7) is 0.618. The minimum Gasteiger partial charge on any atom is -0.396 e. The number of para-hydroxylation sites is 1. The summed E-state index contributed by atoms with van der Waals surface area (Å²) in [5.74, 6) is 1.52. The zero-order valence-electron chi connectivity index (χ0n) is 11.6. The summed E-state index contributed by atoms with van der Waals surface area (Å²) in [5.41, 5.74) is -0.217. The van der Waals surface area contributed by atoms with E-state index in [-0.39, 0.29) is 17.2 Å². The monoisotopic (exact) mass is 334 g/mol. The van der Waals surface area contributed by atoms with Gasteiger partial charge in [-0.3, -0.25) is 10.1 Å². The topological polar surface area (TPSA) is 110 Å². The number of sulfone groups is 1. The first kappa shape index (κ1) is 17.7. The van der Waals surface area contributed by atoms with E-state index in [1.165, 1.54) is 18.2 Å². The standard InChI is InChI=1S/C12H18N2O5S2/c1-21(18,19)11-5-2-4-10(12(11)14(16)17)13-6-9-20-8-3-7-15/h2,4-5,13,15H,3,6-9H2,1H3. The van der Waals surface area contributed by atoms with Gasteiger partial charge in [0.2, 0.25) is 0 Å². The van der Waals surface area contributed by atoms with Gasteiger partial charge in [-0.15, -0.1) is 0 Å². The number of aliphatic hydroxyl groups is 1. The maximum atomic E-state index is 11.6. The highest BCUT2D eigenvalue weighted by Gasteiger charge is 2.25. The molecule has 9 heteroatoms. The Kier molecular flexibility index (Phi) is 6.93. The molecule has 0 amide bonds.